The minimum absolute atomic E-state index is 0.0315. The van der Waals surface area contributed by atoms with Crippen LogP contribution < -0.4 is 15.8 Å². The Labute approximate surface area is 133 Å². The lowest BCUT2D eigenvalue weighted by Gasteiger charge is -2.31. The number of anilines is 1. The number of nitrogens with one attached hydrogen (secondary N) is 2. The van der Waals surface area contributed by atoms with Gasteiger partial charge in [0.25, 0.3) is 0 Å². The van der Waals surface area contributed by atoms with Crippen molar-refractivity contribution in [3.63, 3.8) is 0 Å². The zero-order chi connectivity index (χ0) is 14.9. The van der Waals surface area contributed by atoms with E-state index in [-0.39, 0.29) is 5.66 Å². The maximum absolute atomic E-state index is 5.58. The number of hydrazine groups is 1. The number of thiocarbonyl (C=S) groups is 1. The molecule has 1 aliphatic heterocycles. The average Bonchev–Trinajstić information content (AvgIpc) is 2.76. The fraction of sp³-hybridized carbons (Fsp3) is 0.588. The van der Waals surface area contributed by atoms with Crippen LogP contribution in [-0.4, -0.2) is 10.8 Å². The maximum Gasteiger partial charge on any atom is 0.189 e. The van der Waals surface area contributed by atoms with E-state index in [1.807, 2.05) is 0 Å². The molecule has 0 unspecified atom stereocenters. The third kappa shape index (κ3) is 3.06. The largest absolute Gasteiger partial charge is 0.342 e. The highest BCUT2D eigenvalue weighted by atomic mass is 32.1. The van der Waals surface area contributed by atoms with Gasteiger partial charge in [-0.1, -0.05) is 25.3 Å². The lowest BCUT2D eigenvalue weighted by atomic mass is 9.92. The van der Waals surface area contributed by atoms with E-state index in [0.717, 1.165) is 23.6 Å². The summed E-state index contributed by atoms with van der Waals surface area (Å²) in [6, 6.07) is 6.52. The van der Waals surface area contributed by atoms with E-state index < -0.39 is 0 Å². The van der Waals surface area contributed by atoms with Crippen molar-refractivity contribution in [3.8, 4) is 0 Å². The van der Waals surface area contributed by atoms with Crippen molar-refractivity contribution in [1.82, 2.24) is 10.7 Å². The molecule has 0 aromatic heterocycles. The van der Waals surface area contributed by atoms with Gasteiger partial charge in [-0.15, -0.1) is 0 Å². The van der Waals surface area contributed by atoms with E-state index in [1.54, 1.807) is 0 Å². The van der Waals surface area contributed by atoms with Crippen LogP contribution in [0.1, 0.15) is 56.1 Å². The highest BCUT2D eigenvalue weighted by molar-refractivity contribution is 7.80. The molecule has 4 heteroatoms. The topological polar surface area (TPSA) is 27.3 Å². The average molecular weight is 303 g/mol. The van der Waals surface area contributed by atoms with E-state index in [1.165, 1.54) is 43.2 Å². The summed E-state index contributed by atoms with van der Waals surface area (Å²) in [5, 5.41) is 6.43. The van der Waals surface area contributed by atoms with Crippen LogP contribution in [0.15, 0.2) is 18.2 Å². The molecular weight excluding hydrogens is 278 g/mol. The predicted octanol–water partition coefficient (Wildman–Crippen LogP) is 3.94. The molecule has 0 bridgehead atoms. The van der Waals surface area contributed by atoms with Gasteiger partial charge >= 0.3 is 0 Å². The van der Waals surface area contributed by atoms with Gasteiger partial charge in [-0.3, -0.25) is 5.01 Å². The van der Waals surface area contributed by atoms with Gasteiger partial charge < -0.3 is 5.32 Å². The first-order valence-electron chi connectivity index (χ1n) is 8.07. The Bertz CT molecular complexity index is 533. The Morgan fingerprint density at radius 2 is 1.67 bits per heavy atom. The number of nitrogens with zero attached hydrogens (tertiary/aromatic N) is 1. The van der Waals surface area contributed by atoms with Crippen LogP contribution in [0.2, 0.25) is 0 Å². The Morgan fingerprint density at radius 1 is 1.00 bits per heavy atom. The number of hydrogen-bond acceptors (Lipinski definition) is 2. The zero-order valence-electron chi connectivity index (χ0n) is 13.0. The molecule has 0 atom stereocenters. The standard InChI is InChI=1S/C17H25N3S/c1-13-8-9-15(12-14(13)2)20-16(21)18-17(19-20)10-6-4-3-5-7-11-17/h8-9,12,19H,3-7,10-11H2,1-2H3,(H,18,21). The van der Waals surface area contributed by atoms with Crippen LogP contribution in [0.25, 0.3) is 0 Å². The van der Waals surface area contributed by atoms with Crippen molar-refractivity contribution < 1.29 is 0 Å². The van der Waals surface area contributed by atoms with Crippen molar-refractivity contribution in [3.05, 3.63) is 29.3 Å². The fourth-order valence-corrected chi connectivity index (χ4v) is 3.69. The van der Waals surface area contributed by atoms with E-state index >= 15 is 0 Å². The maximum atomic E-state index is 5.58. The van der Waals surface area contributed by atoms with Gasteiger partial charge in [0, 0.05) is 0 Å². The summed E-state index contributed by atoms with van der Waals surface area (Å²) in [7, 11) is 0. The molecule has 3 rings (SSSR count). The third-order valence-corrected chi connectivity index (χ3v) is 5.12. The highest BCUT2D eigenvalue weighted by Crippen LogP contribution is 2.30. The first kappa shape index (κ1) is 14.8. The molecule has 114 valence electrons. The van der Waals surface area contributed by atoms with Crippen LogP contribution in [0.4, 0.5) is 5.69 Å². The Hall–Kier alpha value is -1.13. The summed E-state index contributed by atoms with van der Waals surface area (Å²) >= 11 is 5.58. The van der Waals surface area contributed by atoms with E-state index in [4.69, 9.17) is 12.2 Å². The lowest BCUT2D eigenvalue weighted by Crippen LogP contribution is -2.51. The Morgan fingerprint density at radius 3 is 2.33 bits per heavy atom. The second-order valence-electron chi connectivity index (χ2n) is 6.50. The van der Waals surface area contributed by atoms with Gasteiger partial charge in [0.1, 0.15) is 5.66 Å². The molecular formula is C17H25N3S. The van der Waals surface area contributed by atoms with Gasteiger partial charge in [-0.25, -0.2) is 5.43 Å². The van der Waals surface area contributed by atoms with Gasteiger partial charge in [-0.2, -0.15) is 0 Å². The van der Waals surface area contributed by atoms with Gasteiger partial charge in [0.15, 0.2) is 5.11 Å². The summed E-state index contributed by atoms with van der Waals surface area (Å²) in [5.41, 5.74) is 7.39. The van der Waals surface area contributed by atoms with Gasteiger partial charge in [-0.05, 0) is 75.0 Å². The molecule has 1 heterocycles. The summed E-state index contributed by atoms with van der Waals surface area (Å²) in [4.78, 5) is 0. The molecule has 1 aromatic carbocycles. The Balaban J connectivity index is 1.81. The second-order valence-corrected chi connectivity index (χ2v) is 6.88. The number of aryl methyl sites for hydroxylation is 2. The summed E-state index contributed by atoms with van der Waals surface area (Å²) in [6.07, 6.45) is 8.88. The number of hydrogen-bond donors (Lipinski definition) is 2. The predicted molar refractivity (Wildman–Crippen MR) is 92.3 cm³/mol. The van der Waals surface area contributed by atoms with E-state index in [9.17, 15) is 0 Å². The normalized spacial score (nSPS) is 22.0. The van der Waals surface area contributed by atoms with Crippen LogP contribution in [-0.2, 0) is 0 Å². The van der Waals surface area contributed by atoms with Crippen molar-refractivity contribution in [2.24, 2.45) is 0 Å². The molecule has 1 saturated carbocycles. The smallest absolute Gasteiger partial charge is 0.189 e. The monoisotopic (exact) mass is 303 g/mol. The fourth-order valence-electron chi connectivity index (χ4n) is 3.35. The van der Waals surface area contributed by atoms with Crippen molar-refractivity contribution in [2.75, 3.05) is 5.01 Å². The molecule has 0 amide bonds. The summed E-state index contributed by atoms with van der Waals surface area (Å²) < 4.78 is 0. The molecule has 2 aliphatic rings. The minimum Gasteiger partial charge on any atom is -0.342 e. The molecule has 0 radical (unpaired) electrons. The van der Waals surface area contributed by atoms with Crippen LogP contribution in [0, 0.1) is 13.8 Å². The second kappa shape index (κ2) is 5.93. The van der Waals surface area contributed by atoms with E-state index in [2.05, 4.69) is 47.8 Å². The molecule has 2 N–H and O–H groups in total. The minimum atomic E-state index is -0.0315. The number of benzene rings is 1. The molecule has 2 fully saturated rings. The molecule has 1 saturated heterocycles. The molecule has 1 aliphatic carbocycles. The molecule has 1 spiro atoms. The van der Waals surface area contributed by atoms with Gasteiger partial charge in [0.05, 0.1) is 5.69 Å². The number of rotatable bonds is 1. The van der Waals surface area contributed by atoms with Crippen molar-refractivity contribution >= 4 is 23.0 Å². The summed E-state index contributed by atoms with van der Waals surface area (Å²) in [5.74, 6) is 0. The van der Waals surface area contributed by atoms with Crippen molar-refractivity contribution in [1.29, 1.82) is 0 Å². The molecule has 3 nitrogen and oxygen atoms in total. The SMILES string of the molecule is Cc1ccc(N2NC3(CCCCCCC3)NC2=S)cc1C. The first-order chi connectivity index (χ1) is 10.1. The van der Waals surface area contributed by atoms with Crippen LogP contribution >= 0.6 is 12.2 Å². The molecule has 21 heavy (non-hydrogen) atoms. The van der Waals surface area contributed by atoms with Gasteiger partial charge in [0.2, 0.25) is 0 Å². The Kier molecular flexibility index (Phi) is 4.18. The van der Waals surface area contributed by atoms with Crippen LogP contribution in [0.5, 0.6) is 0 Å². The molecule has 1 aromatic rings. The zero-order valence-corrected chi connectivity index (χ0v) is 13.9. The quantitative estimate of drug-likeness (QED) is 0.768. The van der Waals surface area contributed by atoms with Crippen LogP contribution in [0.3, 0.4) is 0 Å². The van der Waals surface area contributed by atoms with Crippen molar-refractivity contribution in [2.45, 2.75) is 64.5 Å². The highest BCUT2D eigenvalue weighted by Gasteiger charge is 2.40. The first-order valence-corrected chi connectivity index (χ1v) is 8.48. The van der Waals surface area contributed by atoms with E-state index in [0.29, 0.717) is 0 Å². The third-order valence-electron chi connectivity index (χ3n) is 4.83. The summed E-state index contributed by atoms with van der Waals surface area (Å²) in [6.45, 7) is 4.29. The lowest BCUT2D eigenvalue weighted by molar-refractivity contribution is 0.257.